The SMILES string of the molecule is COc1ccc(-n2c(C)cc(C(=O)NCC3=CCNCC3)c2C)cc1. The first kappa shape index (κ1) is 17.3. The van der Waals surface area contributed by atoms with Crippen molar-refractivity contribution in [2.24, 2.45) is 0 Å². The maximum atomic E-state index is 12.6. The molecule has 0 saturated heterocycles. The lowest BCUT2D eigenvalue weighted by Crippen LogP contribution is -2.29. The Morgan fingerprint density at radius 3 is 2.68 bits per heavy atom. The summed E-state index contributed by atoms with van der Waals surface area (Å²) in [6.07, 6.45) is 3.15. The van der Waals surface area contributed by atoms with Gasteiger partial charge < -0.3 is 19.9 Å². The molecule has 2 N–H and O–H groups in total. The third-order valence-corrected chi connectivity index (χ3v) is 4.64. The van der Waals surface area contributed by atoms with Crippen LogP contribution in [0.4, 0.5) is 0 Å². The van der Waals surface area contributed by atoms with E-state index >= 15 is 0 Å². The Labute approximate surface area is 148 Å². The number of rotatable bonds is 5. The molecule has 1 amide bonds. The average Bonchev–Trinajstić information content (AvgIpc) is 2.95. The number of aryl methyl sites for hydroxylation is 1. The minimum Gasteiger partial charge on any atom is -0.497 e. The first-order valence-corrected chi connectivity index (χ1v) is 8.60. The van der Waals surface area contributed by atoms with E-state index in [0.717, 1.165) is 47.9 Å². The van der Waals surface area contributed by atoms with Crippen LogP contribution < -0.4 is 15.4 Å². The third-order valence-electron chi connectivity index (χ3n) is 4.64. The third kappa shape index (κ3) is 3.77. The zero-order valence-corrected chi connectivity index (χ0v) is 15.1. The average molecular weight is 339 g/mol. The monoisotopic (exact) mass is 339 g/mol. The maximum absolute atomic E-state index is 12.6. The zero-order valence-electron chi connectivity index (χ0n) is 15.1. The summed E-state index contributed by atoms with van der Waals surface area (Å²) in [5, 5.41) is 6.33. The molecule has 0 atom stereocenters. The fraction of sp³-hybridized carbons (Fsp3) is 0.350. The first-order valence-electron chi connectivity index (χ1n) is 8.60. The van der Waals surface area contributed by atoms with E-state index in [1.54, 1.807) is 7.11 Å². The molecule has 0 aliphatic carbocycles. The van der Waals surface area contributed by atoms with Crippen LogP contribution in [0.3, 0.4) is 0 Å². The molecule has 5 nitrogen and oxygen atoms in total. The smallest absolute Gasteiger partial charge is 0.253 e. The van der Waals surface area contributed by atoms with Gasteiger partial charge in [-0.05, 0) is 57.1 Å². The Morgan fingerprint density at radius 2 is 2.04 bits per heavy atom. The molecule has 3 rings (SSSR count). The van der Waals surface area contributed by atoms with Crippen molar-refractivity contribution >= 4 is 5.91 Å². The normalized spacial score (nSPS) is 14.1. The van der Waals surface area contributed by atoms with Gasteiger partial charge in [0.05, 0.1) is 12.7 Å². The van der Waals surface area contributed by atoms with Gasteiger partial charge >= 0.3 is 0 Å². The number of hydrogen-bond donors (Lipinski definition) is 2. The summed E-state index contributed by atoms with van der Waals surface area (Å²) in [7, 11) is 1.65. The van der Waals surface area contributed by atoms with Crippen molar-refractivity contribution in [2.45, 2.75) is 20.3 Å². The number of carbonyl (C=O) groups is 1. The van der Waals surface area contributed by atoms with Gasteiger partial charge in [-0.1, -0.05) is 11.6 Å². The van der Waals surface area contributed by atoms with Gasteiger partial charge in [0.1, 0.15) is 5.75 Å². The summed E-state index contributed by atoms with van der Waals surface area (Å²) in [5.41, 5.74) is 5.02. The van der Waals surface area contributed by atoms with Gasteiger partial charge in [0.25, 0.3) is 5.91 Å². The van der Waals surface area contributed by atoms with Crippen molar-refractivity contribution in [3.05, 3.63) is 58.9 Å². The quantitative estimate of drug-likeness (QED) is 0.824. The summed E-state index contributed by atoms with van der Waals surface area (Å²) in [6, 6.07) is 9.81. The molecule has 0 unspecified atom stereocenters. The second kappa shape index (κ2) is 7.57. The number of nitrogens with one attached hydrogen (secondary N) is 2. The molecule has 1 aliphatic rings. The number of ether oxygens (including phenoxy) is 1. The van der Waals surface area contributed by atoms with Gasteiger partial charge in [0.2, 0.25) is 0 Å². The van der Waals surface area contributed by atoms with E-state index in [9.17, 15) is 4.79 Å². The van der Waals surface area contributed by atoms with Crippen LogP contribution in [0, 0.1) is 13.8 Å². The van der Waals surface area contributed by atoms with E-state index in [-0.39, 0.29) is 5.91 Å². The highest BCUT2D eigenvalue weighted by atomic mass is 16.5. The zero-order chi connectivity index (χ0) is 17.8. The van der Waals surface area contributed by atoms with Crippen molar-refractivity contribution in [1.29, 1.82) is 0 Å². The molecule has 25 heavy (non-hydrogen) atoms. The predicted octanol–water partition coefficient (Wildman–Crippen LogP) is 2.75. The molecule has 0 bridgehead atoms. The molecule has 1 aromatic heterocycles. The summed E-state index contributed by atoms with van der Waals surface area (Å²) in [6.45, 7) is 6.48. The van der Waals surface area contributed by atoms with Crippen molar-refractivity contribution in [3.8, 4) is 11.4 Å². The summed E-state index contributed by atoms with van der Waals surface area (Å²) in [5.74, 6) is 0.798. The molecular formula is C20H25N3O2. The van der Waals surface area contributed by atoms with Gasteiger partial charge in [0.15, 0.2) is 0 Å². The van der Waals surface area contributed by atoms with Crippen LogP contribution in [0.25, 0.3) is 5.69 Å². The number of benzene rings is 1. The second-order valence-corrected chi connectivity index (χ2v) is 6.32. The van der Waals surface area contributed by atoms with E-state index in [2.05, 4.69) is 21.3 Å². The Balaban J connectivity index is 1.78. The molecule has 1 aromatic carbocycles. The standard InChI is InChI=1S/C20H25N3O2/c1-14-12-19(20(24)22-13-16-8-10-21-11-9-16)15(2)23(14)17-4-6-18(25-3)7-5-17/h4-8,12,21H,9-11,13H2,1-3H3,(H,22,24). The molecular weight excluding hydrogens is 314 g/mol. The summed E-state index contributed by atoms with van der Waals surface area (Å²) >= 11 is 0. The van der Waals surface area contributed by atoms with Crippen LogP contribution in [-0.4, -0.2) is 37.2 Å². The minimum absolute atomic E-state index is 0.0210. The molecule has 0 radical (unpaired) electrons. The summed E-state index contributed by atoms with van der Waals surface area (Å²) < 4.78 is 7.31. The van der Waals surface area contributed by atoms with Gasteiger partial charge in [0, 0.05) is 30.2 Å². The minimum atomic E-state index is -0.0210. The molecule has 5 heteroatoms. The molecule has 1 aliphatic heterocycles. The summed E-state index contributed by atoms with van der Waals surface area (Å²) in [4.78, 5) is 12.6. The largest absolute Gasteiger partial charge is 0.497 e. The second-order valence-electron chi connectivity index (χ2n) is 6.32. The van der Waals surface area contributed by atoms with Gasteiger partial charge in [-0.15, -0.1) is 0 Å². The van der Waals surface area contributed by atoms with Gasteiger partial charge in [-0.3, -0.25) is 4.79 Å². The molecule has 2 heterocycles. The Hall–Kier alpha value is -2.53. The van der Waals surface area contributed by atoms with E-state index in [1.165, 1.54) is 5.57 Å². The van der Waals surface area contributed by atoms with E-state index in [0.29, 0.717) is 6.54 Å². The number of nitrogens with zero attached hydrogens (tertiary/aromatic N) is 1. The van der Waals surface area contributed by atoms with Gasteiger partial charge in [-0.2, -0.15) is 0 Å². The molecule has 0 spiro atoms. The number of aromatic nitrogens is 1. The van der Waals surface area contributed by atoms with Crippen molar-refractivity contribution in [2.75, 3.05) is 26.7 Å². The van der Waals surface area contributed by atoms with E-state index < -0.39 is 0 Å². The highest BCUT2D eigenvalue weighted by molar-refractivity contribution is 5.96. The highest BCUT2D eigenvalue weighted by Crippen LogP contribution is 2.22. The lowest BCUT2D eigenvalue weighted by atomic mass is 10.1. The number of amides is 1. The van der Waals surface area contributed by atoms with Crippen molar-refractivity contribution < 1.29 is 9.53 Å². The predicted molar refractivity (Wildman–Crippen MR) is 99.7 cm³/mol. The highest BCUT2D eigenvalue weighted by Gasteiger charge is 2.17. The fourth-order valence-corrected chi connectivity index (χ4v) is 3.24. The number of hydrogen-bond acceptors (Lipinski definition) is 3. The molecule has 132 valence electrons. The van der Waals surface area contributed by atoms with Gasteiger partial charge in [-0.25, -0.2) is 0 Å². The Morgan fingerprint density at radius 1 is 1.28 bits per heavy atom. The maximum Gasteiger partial charge on any atom is 0.253 e. The number of carbonyl (C=O) groups excluding carboxylic acids is 1. The van der Waals surface area contributed by atoms with E-state index in [4.69, 9.17) is 4.74 Å². The Bertz CT molecular complexity index is 788. The van der Waals surface area contributed by atoms with Crippen molar-refractivity contribution in [3.63, 3.8) is 0 Å². The topological polar surface area (TPSA) is 55.3 Å². The number of methoxy groups -OCH3 is 1. The fourth-order valence-electron chi connectivity index (χ4n) is 3.24. The van der Waals surface area contributed by atoms with Crippen LogP contribution in [0.5, 0.6) is 5.75 Å². The van der Waals surface area contributed by atoms with Crippen LogP contribution in [0.2, 0.25) is 0 Å². The van der Waals surface area contributed by atoms with Crippen molar-refractivity contribution in [1.82, 2.24) is 15.2 Å². The molecule has 0 fully saturated rings. The lowest BCUT2D eigenvalue weighted by molar-refractivity contribution is 0.0956. The molecule has 2 aromatic rings. The van der Waals surface area contributed by atoms with Crippen LogP contribution in [-0.2, 0) is 0 Å². The molecule has 0 saturated carbocycles. The van der Waals surface area contributed by atoms with Crippen LogP contribution >= 0.6 is 0 Å². The van der Waals surface area contributed by atoms with E-state index in [1.807, 2.05) is 44.2 Å². The van der Waals surface area contributed by atoms with Crippen LogP contribution in [0.1, 0.15) is 28.2 Å². The Kier molecular flexibility index (Phi) is 5.24. The first-order chi connectivity index (χ1) is 12.1. The van der Waals surface area contributed by atoms with Crippen LogP contribution in [0.15, 0.2) is 42.0 Å². The lowest BCUT2D eigenvalue weighted by Gasteiger charge is -2.14.